The Bertz CT molecular complexity index is 865. The summed E-state index contributed by atoms with van der Waals surface area (Å²) in [6.07, 6.45) is 0. The lowest BCUT2D eigenvalue weighted by molar-refractivity contribution is 0.174. The van der Waals surface area contributed by atoms with Crippen molar-refractivity contribution in [1.82, 2.24) is 4.98 Å². The van der Waals surface area contributed by atoms with E-state index in [1.807, 2.05) is 6.07 Å². The third-order valence-corrected chi connectivity index (χ3v) is 3.36. The van der Waals surface area contributed by atoms with Crippen molar-refractivity contribution < 1.29 is 14.2 Å². The van der Waals surface area contributed by atoms with Gasteiger partial charge >= 0.3 is 0 Å². The number of nitrogen functional groups attached to an aromatic ring is 1. The molecule has 0 aliphatic carbocycles. The molecule has 114 valence electrons. The van der Waals surface area contributed by atoms with Gasteiger partial charge in [0.05, 0.1) is 6.61 Å². The first-order chi connectivity index (χ1) is 11.2. The molecule has 7 heteroatoms. The minimum atomic E-state index is 0.0163. The summed E-state index contributed by atoms with van der Waals surface area (Å²) in [7, 11) is 0. The lowest BCUT2D eigenvalue weighted by atomic mass is 9.96. The Labute approximate surface area is 132 Å². The standard InChI is InChI=1S/C16H12N4O3/c1-2-21-16-11(7-18)14(10(6-17)15(19)20-16)9-3-4-12-13(5-9)23-8-22-12/h3-5H,2,8H2,1H3,(H2,19,20). The Morgan fingerprint density at radius 3 is 2.65 bits per heavy atom. The first kappa shape index (κ1) is 14.5. The van der Waals surface area contributed by atoms with E-state index in [4.69, 9.17) is 19.9 Å². The smallest absolute Gasteiger partial charge is 0.234 e. The number of ether oxygens (including phenoxy) is 3. The number of nitrogens with zero attached hydrogens (tertiary/aromatic N) is 3. The monoisotopic (exact) mass is 308 g/mol. The summed E-state index contributed by atoms with van der Waals surface area (Å²) < 4.78 is 16.0. The van der Waals surface area contributed by atoms with Crippen molar-refractivity contribution in [3.63, 3.8) is 0 Å². The number of pyridine rings is 1. The zero-order valence-electron chi connectivity index (χ0n) is 12.3. The van der Waals surface area contributed by atoms with Crippen LogP contribution in [-0.2, 0) is 0 Å². The van der Waals surface area contributed by atoms with Gasteiger partial charge in [0.2, 0.25) is 12.7 Å². The summed E-state index contributed by atoms with van der Waals surface area (Å²) in [5.41, 5.74) is 7.14. The number of hydrogen-bond donors (Lipinski definition) is 1. The van der Waals surface area contributed by atoms with E-state index in [0.717, 1.165) is 0 Å². The highest BCUT2D eigenvalue weighted by Gasteiger charge is 2.23. The van der Waals surface area contributed by atoms with Gasteiger partial charge in [-0.3, -0.25) is 0 Å². The molecular formula is C16H12N4O3. The summed E-state index contributed by atoms with van der Waals surface area (Å²) in [5, 5.41) is 18.9. The molecule has 0 fully saturated rings. The summed E-state index contributed by atoms with van der Waals surface area (Å²) in [6, 6.07) is 9.22. The Hall–Kier alpha value is -3.45. The minimum absolute atomic E-state index is 0.0163. The topological polar surface area (TPSA) is 114 Å². The van der Waals surface area contributed by atoms with Crippen molar-refractivity contribution in [2.45, 2.75) is 6.92 Å². The number of anilines is 1. The molecule has 1 aliphatic rings. The van der Waals surface area contributed by atoms with Gasteiger partial charge < -0.3 is 19.9 Å². The summed E-state index contributed by atoms with van der Waals surface area (Å²) >= 11 is 0. The maximum absolute atomic E-state index is 9.52. The van der Waals surface area contributed by atoms with Crippen LogP contribution in [0.25, 0.3) is 11.1 Å². The Morgan fingerprint density at radius 2 is 1.96 bits per heavy atom. The molecular weight excluding hydrogens is 296 g/mol. The predicted molar refractivity (Wildman–Crippen MR) is 80.8 cm³/mol. The largest absolute Gasteiger partial charge is 0.477 e. The SMILES string of the molecule is CCOc1nc(N)c(C#N)c(-c2ccc3c(c2)OCO3)c1C#N. The molecule has 0 atom stereocenters. The molecule has 1 aromatic carbocycles. The normalized spacial score (nSPS) is 11.6. The number of nitriles is 2. The van der Waals surface area contributed by atoms with Gasteiger partial charge in [0, 0.05) is 5.56 Å². The van der Waals surface area contributed by atoms with Gasteiger partial charge in [-0.2, -0.15) is 15.5 Å². The van der Waals surface area contributed by atoms with Gasteiger partial charge in [-0.25, -0.2) is 0 Å². The highest BCUT2D eigenvalue weighted by Crippen LogP contribution is 2.40. The molecule has 1 aromatic heterocycles. The molecule has 0 unspecified atom stereocenters. The van der Waals surface area contributed by atoms with Gasteiger partial charge in [0.25, 0.3) is 0 Å². The lowest BCUT2D eigenvalue weighted by Gasteiger charge is -2.13. The van der Waals surface area contributed by atoms with Gasteiger partial charge in [0.1, 0.15) is 29.1 Å². The van der Waals surface area contributed by atoms with E-state index in [2.05, 4.69) is 11.1 Å². The third kappa shape index (κ3) is 2.34. The fourth-order valence-electron chi connectivity index (χ4n) is 2.38. The highest BCUT2D eigenvalue weighted by molar-refractivity contribution is 5.83. The van der Waals surface area contributed by atoms with Crippen LogP contribution >= 0.6 is 0 Å². The van der Waals surface area contributed by atoms with E-state index in [1.54, 1.807) is 25.1 Å². The highest BCUT2D eigenvalue weighted by atomic mass is 16.7. The zero-order chi connectivity index (χ0) is 16.4. The fourth-order valence-corrected chi connectivity index (χ4v) is 2.38. The maximum atomic E-state index is 9.52. The number of hydrogen-bond acceptors (Lipinski definition) is 7. The van der Waals surface area contributed by atoms with E-state index >= 15 is 0 Å². The van der Waals surface area contributed by atoms with Crippen LogP contribution in [0.2, 0.25) is 0 Å². The van der Waals surface area contributed by atoms with Crippen LogP contribution in [0, 0.1) is 22.7 Å². The van der Waals surface area contributed by atoms with Crippen molar-refractivity contribution >= 4 is 5.82 Å². The molecule has 1 aliphatic heterocycles. The van der Waals surface area contributed by atoms with Crippen LogP contribution in [0.4, 0.5) is 5.82 Å². The number of nitrogens with two attached hydrogens (primary N) is 1. The van der Waals surface area contributed by atoms with Gasteiger partial charge in [-0.1, -0.05) is 6.07 Å². The van der Waals surface area contributed by atoms with Crippen molar-refractivity contribution in [3.05, 3.63) is 29.3 Å². The molecule has 0 spiro atoms. The Morgan fingerprint density at radius 1 is 1.22 bits per heavy atom. The van der Waals surface area contributed by atoms with E-state index < -0.39 is 0 Å². The van der Waals surface area contributed by atoms with Crippen LogP contribution in [0.5, 0.6) is 17.4 Å². The second-order valence-electron chi connectivity index (χ2n) is 4.65. The fraction of sp³-hybridized carbons (Fsp3) is 0.188. The molecule has 0 amide bonds. The molecule has 2 heterocycles. The third-order valence-electron chi connectivity index (χ3n) is 3.36. The van der Waals surface area contributed by atoms with E-state index in [-0.39, 0.29) is 29.6 Å². The molecule has 0 saturated carbocycles. The number of rotatable bonds is 3. The van der Waals surface area contributed by atoms with E-state index in [9.17, 15) is 10.5 Å². The minimum Gasteiger partial charge on any atom is -0.477 e. The van der Waals surface area contributed by atoms with Crippen molar-refractivity contribution in [2.24, 2.45) is 0 Å². The quantitative estimate of drug-likeness (QED) is 0.924. The van der Waals surface area contributed by atoms with Gasteiger partial charge in [-0.05, 0) is 24.6 Å². The molecule has 2 aromatic rings. The molecule has 0 bridgehead atoms. The molecule has 2 N–H and O–H groups in total. The number of aromatic nitrogens is 1. The maximum Gasteiger partial charge on any atom is 0.234 e. The second kappa shape index (κ2) is 5.74. The van der Waals surface area contributed by atoms with Crippen LogP contribution in [0.1, 0.15) is 18.1 Å². The van der Waals surface area contributed by atoms with Gasteiger partial charge in [-0.15, -0.1) is 0 Å². The molecule has 0 saturated heterocycles. The average Bonchev–Trinajstić information content (AvgIpc) is 3.02. The molecule has 3 rings (SSSR count). The van der Waals surface area contributed by atoms with Crippen molar-refractivity contribution in [2.75, 3.05) is 19.1 Å². The summed E-state index contributed by atoms with van der Waals surface area (Å²) in [5.74, 6) is 1.28. The molecule has 7 nitrogen and oxygen atoms in total. The number of fused-ring (bicyclic) bond motifs is 1. The van der Waals surface area contributed by atoms with Crippen molar-refractivity contribution in [3.8, 4) is 40.6 Å². The molecule has 23 heavy (non-hydrogen) atoms. The van der Waals surface area contributed by atoms with Crippen LogP contribution in [-0.4, -0.2) is 18.4 Å². The van der Waals surface area contributed by atoms with E-state index in [0.29, 0.717) is 29.2 Å². The van der Waals surface area contributed by atoms with Gasteiger partial charge in [0.15, 0.2) is 11.5 Å². The first-order valence-electron chi connectivity index (χ1n) is 6.86. The Balaban J connectivity index is 2.29. The zero-order valence-corrected chi connectivity index (χ0v) is 12.3. The lowest BCUT2D eigenvalue weighted by Crippen LogP contribution is -2.06. The second-order valence-corrected chi connectivity index (χ2v) is 4.65. The molecule has 0 radical (unpaired) electrons. The first-order valence-corrected chi connectivity index (χ1v) is 6.86. The van der Waals surface area contributed by atoms with Crippen molar-refractivity contribution in [1.29, 1.82) is 10.5 Å². The van der Waals surface area contributed by atoms with Crippen LogP contribution in [0.3, 0.4) is 0 Å². The summed E-state index contributed by atoms with van der Waals surface area (Å²) in [6.45, 7) is 2.24. The van der Waals surface area contributed by atoms with E-state index in [1.165, 1.54) is 0 Å². The predicted octanol–water partition coefficient (Wildman–Crippen LogP) is 2.20. The summed E-state index contributed by atoms with van der Waals surface area (Å²) in [4.78, 5) is 4.02. The van der Waals surface area contributed by atoms with Crippen LogP contribution < -0.4 is 19.9 Å². The Kier molecular flexibility index (Phi) is 3.62. The average molecular weight is 308 g/mol. The van der Waals surface area contributed by atoms with Crippen LogP contribution in [0.15, 0.2) is 18.2 Å². The number of benzene rings is 1.